The molecule has 4 rings (SSSR count). The van der Waals surface area contributed by atoms with Crippen LogP contribution >= 0.6 is 0 Å². The van der Waals surface area contributed by atoms with Crippen molar-refractivity contribution in [1.82, 2.24) is 9.80 Å². The maximum atomic E-state index is 13.2. The molecule has 8 heteroatoms. The van der Waals surface area contributed by atoms with E-state index < -0.39 is 17.4 Å². The summed E-state index contributed by atoms with van der Waals surface area (Å²) in [6.07, 6.45) is 1.09. The molecule has 8 nitrogen and oxygen atoms in total. The zero-order chi connectivity index (χ0) is 21.3. The third-order valence-electron chi connectivity index (χ3n) is 6.55. The number of carbonyl (C=O) groups excluding carboxylic acids is 3. The highest BCUT2D eigenvalue weighted by molar-refractivity contribution is 5.91. The molecule has 0 N–H and O–H groups in total. The average Bonchev–Trinajstić information content (AvgIpc) is 3.19. The Morgan fingerprint density at radius 2 is 1.93 bits per heavy atom. The van der Waals surface area contributed by atoms with Gasteiger partial charge in [0.05, 0.1) is 37.7 Å². The molecule has 3 aliphatic rings. The molecular formula is C22H25N3O5. The van der Waals surface area contributed by atoms with Crippen molar-refractivity contribution in [2.75, 3.05) is 33.4 Å². The fourth-order valence-electron chi connectivity index (χ4n) is 5.01. The second-order valence-electron chi connectivity index (χ2n) is 8.17. The van der Waals surface area contributed by atoms with Gasteiger partial charge in [0.2, 0.25) is 11.8 Å². The number of hydrogen-bond acceptors (Lipinski definition) is 6. The Kier molecular flexibility index (Phi) is 5.48. The Hall–Kier alpha value is -2.92. The lowest BCUT2D eigenvalue weighted by molar-refractivity contribution is -0.156. The molecule has 0 saturated carbocycles. The summed E-state index contributed by atoms with van der Waals surface area (Å²) in [6.45, 7) is 0.941. The van der Waals surface area contributed by atoms with E-state index >= 15 is 0 Å². The highest BCUT2D eigenvalue weighted by atomic mass is 16.5. The number of nitriles is 1. The number of hydrogen-bond donors (Lipinski definition) is 0. The molecule has 1 aromatic carbocycles. The predicted molar refractivity (Wildman–Crippen MR) is 105 cm³/mol. The van der Waals surface area contributed by atoms with Gasteiger partial charge >= 0.3 is 5.97 Å². The molecule has 0 unspecified atom stereocenters. The lowest BCUT2D eigenvalue weighted by atomic mass is 9.80. The molecular weight excluding hydrogens is 386 g/mol. The van der Waals surface area contributed by atoms with Crippen LogP contribution in [0.2, 0.25) is 0 Å². The lowest BCUT2D eigenvalue weighted by Crippen LogP contribution is -2.59. The zero-order valence-electron chi connectivity index (χ0n) is 17.0. The Morgan fingerprint density at radius 3 is 2.57 bits per heavy atom. The van der Waals surface area contributed by atoms with Crippen LogP contribution in [0.15, 0.2) is 30.3 Å². The standard InChI is InChI=1S/C22H25N3O5/c1-29-20(27)17-11-16-12-24(21(28)22(14-23)7-9-30-10-8-22)13-18(26)25(16)19(17)15-5-3-2-4-6-15/h2-6,16-17,19H,7-13H2,1H3/t16-,17-,19-/m0/s1. The summed E-state index contributed by atoms with van der Waals surface area (Å²) < 4.78 is 10.3. The number of benzene rings is 1. The number of methoxy groups -OCH3 is 1. The maximum Gasteiger partial charge on any atom is 0.311 e. The van der Waals surface area contributed by atoms with Gasteiger partial charge in [-0.2, -0.15) is 5.26 Å². The second-order valence-corrected chi connectivity index (χ2v) is 8.17. The van der Waals surface area contributed by atoms with Crippen LogP contribution in [-0.2, 0) is 23.9 Å². The third-order valence-corrected chi connectivity index (χ3v) is 6.55. The molecule has 3 fully saturated rings. The number of piperazine rings is 1. The molecule has 3 atom stereocenters. The molecule has 0 spiro atoms. The van der Waals surface area contributed by atoms with Crippen LogP contribution in [-0.4, -0.2) is 67.0 Å². The Bertz CT molecular complexity index is 875. The molecule has 3 saturated heterocycles. The summed E-state index contributed by atoms with van der Waals surface area (Å²) in [4.78, 5) is 42.2. The van der Waals surface area contributed by atoms with E-state index in [1.54, 1.807) is 4.90 Å². The van der Waals surface area contributed by atoms with E-state index in [0.29, 0.717) is 39.0 Å². The summed E-state index contributed by atoms with van der Waals surface area (Å²) >= 11 is 0. The first-order valence-corrected chi connectivity index (χ1v) is 10.2. The first-order valence-electron chi connectivity index (χ1n) is 10.2. The molecule has 0 radical (unpaired) electrons. The van der Waals surface area contributed by atoms with Crippen molar-refractivity contribution in [3.8, 4) is 6.07 Å². The van der Waals surface area contributed by atoms with Gasteiger partial charge < -0.3 is 19.3 Å². The van der Waals surface area contributed by atoms with Gasteiger partial charge in [0.1, 0.15) is 5.41 Å². The van der Waals surface area contributed by atoms with E-state index in [0.717, 1.165) is 5.56 Å². The van der Waals surface area contributed by atoms with E-state index in [-0.39, 0.29) is 30.4 Å². The van der Waals surface area contributed by atoms with Gasteiger partial charge in [-0.15, -0.1) is 0 Å². The molecule has 3 aliphatic heterocycles. The van der Waals surface area contributed by atoms with Gasteiger partial charge in [0.15, 0.2) is 0 Å². The fraction of sp³-hybridized carbons (Fsp3) is 0.545. The van der Waals surface area contributed by atoms with Crippen LogP contribution in [0.3, 0.4) is 0 Å². The minimum atomic E-state index is -1.14. The summed E-state index contributed by atoms with van der Waals surface area (Å²) in [6, 6.07) is 10.9. The van der Waals surface area contributed by atoms with Gasteiger partial charge in [-0.05, 0) is 24.8 Å². The van der Waals surface area contributed by atoms with E-state index in [1.165, 1.54) is 12.0 Å². The average molecular weight is 411 g/mol. The smallest absolute Gasteiger partial charge is 0.311 e. The molecule has 0 aliphatic carbocycles. The van der Waals surface area contributed by atoms with Crippen LogP contribution in [0.25, 0.3) is 0 Å². The van der Waals surface area contributed by atoms with Crippen LogP contribution in [0.5, 0.6) is 0 Å². The van der Waals surface area contributed by atoms with Gasteiger partial charge in [-0.25, -0.2) is 0 Å². The number of fused-ring (bicyclic) bond motifs is 1. The number of rotatable bonds is 3. The van der Waals surface area contributed by atoms with Crippen LogP contribution in [0.4, 0.5) is 0 Å². The molecule has 30 heavy (non-hydrogen) atoms. The van der Waals surface area contributed by atoms with E-state index in [4.69, 9.17) is 9.47 Å². The van der Waals surface area contributed by atoms with Crippen molar-refractivity contribution in [2.24, 2.45) is 11.3 Å². The van der Waals surface area contributed by atoms with Gasteiger partial charge in [0, 0.05) is 19.8 Å². The molecule has 0 bridgehead atoms. The highest BCUT2D eigenvalue weighted by Gasteiger charge is 2.53. The maximum absolute atomic E-state index is 13.2. The van der Waals surface area contributed by atoms with Crippen molar-refractivity contribution in [2.45, 2.75) is 31.3 Å². The van der Waals surface area contributed by atoms with Gasteiger partial charge in [-0.3, -0.25) is 14.4 Å². The molecule has 2 amide bonds. The predicted octanol–water partition coefficient (Wildman–Crippen LogP) is 1.28. The van der Waals surface area contributed by atoms with Gasteiger partial charge in [-0.1, -0.05) is 30.3 Å². The quantitative estimate of drug-likeness (QED) is 0.695. The van der Waals surface area contributed by atoms with Crippen LogP contribution < -0.4 is 0 Å². The van der Waals surface area contributed by atoms with E-state index in [9.17, 15) is 19.6 Å². The Labute approximate surface area is 175 Å². The summed E-state index contributed by atoms with van der Waals surface area (Å²) in [7, 11) is 1.35. The SMILES string of the molecule is COC(=O)[C@H]1C[C@H]2CN(C(=O)C3(C#N)CCOCC3)CC(=O)N2[C@H]1c1ccccc1. The van der Waals surface area contributed by atoms with E-state index in [1.807, 2.05) is 30.3 Å². The largest absolute Gasteiger partial charge is 0.469 e. The lowest BCUT2D eigenvalue weighted by Gasteiger charge is -2.42. The van der Waals surface area contributed by atoms with Crippen molar-refractivity contribution in [3.05, 3.63) is 35.9 Å². The molecule has 158 valence electrons. The fourth-order valence-corrected chi connectivity index (χ4v) is 5.01. The summed E-state index contributed by atoms with van der Waals surface area (Å²) in [5, 5.41) is 9.72. The van der Waals surface area contributed by atoms with Crippen molar-refractivity contribution < 1.29 is 23.9 Å². The molecule has 1 aromatic rings. The number of nitrogens with zero attached hydrogens (tertiary/aromatic N) is 3. The topological polar surface area (TPSA) is 99.9 Å². The van der Waals surface area contributed by atoms with Crippen LogP contribution in [0.1, 0.15) is 30.9 Å². The first-order chi connectivity index (χ1) is 14.5. The van der Waals surface area contributed by atoms with Crippen molar-refractivity contribution >= 4 is 17.8 Å². The van der Waals surface area contributed by atoms with Crippen LogP contribution in [0, 0.1) is 22.7 Å². The van der Waals surface area contributed by atoms with E-state index in [2.05, 4.69) is 6.07 Å². The first kappa shape index (κ1) is 20.4. The normalized spacial score (nSPS) is 27.9. The van der Waals surface area contributed by atoms with Crippen molar-refractivity contribution in [1.29, 1.82) is 5.26 Å². The molecule has 3 heterocycles. The number of esters is 1. The van der Waals surface area contributed by atoms with Crippen molar-refractivity contribution in [3.63, 3.8) is 0 Å². The zero-order valence-corrected chi connectivity index (χ0v) is 17.0. The Balaban J connectivity index is 1.61. The third kappa shape index (κ3) is 3.33. The number of amides is 2. The number of ether oxygens (including phenoxy) is 2. The number of carbonyl (C=O) groups is 3. The highest BCUT2D eigenvalue weighted by Crippen LogP contribution is 2.44. The Morgan fingerprint density at radius 1 is 1.23 bits per heavy atom. The minimum absolute atomic E-state index is 0.0865. The molecule has 0 aromatic heterocycles. The second kappa shape index (κ2) is 8.07. The summed E-state index contributed by atoms with van der Waals surface area (Å²) in [5.41, 5.74) is -0.263. The summed E-state index contributed by atoms with van der Waals surface area (Å²) in [5.74, 6) is -1.37. The van der Waals surface area contributed by atoms with Gasteiger partial charge in [0.25, 0.3) is 0 Å². The monoisotopic (exact) mass is 411 g/mol. The minimum Gasteiger partial charge on any atom is -0.469 e.